The van der Waals surface area contributed by atoms with Gasteiger partial charge < -0.3 is 35.2 Å². The lowest BCUT2D eigenvalue weighted by molar-refractivity contribution is -0.144. The van der Waals surface area contributed by atoms with Crippen LogP contribution in [0.3, 0.4) is 0 Å². The molecule has 270 valence electrons. The fraction of sp³-hybridized carbons (Fsp3) is 0.686. The number of benzene rings is 1. The maximum atomic E-state index is 13.8. The standard InChI is InChI=1S/C35H56FN5O7/c1-10-12-26(40(7)30(43)20-38-35(46)31(37-6)21(2)3)28(47-8)19-29(42)41-18-11-13-27(41)33(48-9)22(4)34(45)39-23(5)32(44)24-14-16-25(36)17-15-24/h14-17,21-23,26-28,31,33,37H,10-13,18-20H2,1-9H3,(H,38,46)(H,39,45). The van der Waals surface area contributed by atoms with Gasteiger partial charge in [0.05, 0.1) is 55.3 Å². The molecule has 0 bridgehead atoms. The van der Waals surface area contributed by atoms with E-state index in [0.29, 0.717) is 19.4 Å². The molecular weight excluding hydrogens is 621 g/mol. The van der Waals surface area contributed by atoms with Crippen molar-refractivity contribution < 1.29 is 37.8 Å². The van der Waals surface area contributed by atoms with Gasteiger partial charge in [-0.2, -0.15) is 0 Å². The first-order chi connectivity index (χ1) is 22.7. The number of carbonyl (C=O) groups excluding carboxylic acids is 5. The Labute approximate surface area is 284 Å². The van der Waals surface area contributed by atoms with Gasteiger partial charge in [-0.05, 0) is 63.4 Å². The molecule has 7 unspecified atom stereocenters. The maximum Gasteiger partial charge on any atom is 0.242 e. The number of methoxy groups -OCH3 is 2. The van der Waals surface area contributed by atoms with Crippen LogP contribution in [0.4, 0.5) is 4.39 Å². The first-order valence-electron chi connectivity index (χ1n) is 16.9. The van der Waals surface area contributed by atoms with Gasteiger partial charge in [-0.25, -0.2) is 4.39 Å². The molecule has 0 aliphatic carbocycles. The second-order valence-electron chi connectivity index (χ2n) is 13.0. The third kappa shape index (κ3) is 10.8. The number of likely N-dealkylation sites (tertiary alicyclic amines) is 1. The van der Waals surface area contributed by atoms with Crippen LogP contribution in [0.1, 0.15) is 77.1 Å². The zero-order valence-electron chi connectivity index (χ0n) is 30.0. The number of rotatable bonds is 19. The van der Waals surface area contributed by atoms with Crippen molar-refractivity contribution in [1.29, 1.82) is 0 Å². The number of nitrogens with one attached hydrogen (secondary N) is 3. The quantitative estimate of drug-likeness (QED) is 0.190. The molecule has 3 N–H and O–H groups in total. The lowest BCUT2D eigenvalue weighted by Gasteiger charge is -2.37. The van der Waals surface area contributed by atoms with E-state index in [4.69, 9.17) is 9.47 Å². The Hall–Kier alpha value is -3.42. The van der Waals surface area contributed by atoms with Gasteiger partial charge in [0.1, 0.15) is 5.82 Å². The summed E-state index contributed by atoms with van der Waals surface area (Å²) < 4.78 is 24.9. The van der Waals surface area contributed by atoms with Crippen LogP contribution >= 0.6 is 0 Å². The Bertz CT molecular complexity index is 1230. The van der Waals surface area contributed by atoms with Gasteiger partial charge in [-0.3, -0.25) is 24.0 Å². The fourth-order valence-electron chi connectivity index (χ4n) is 6.50. The van der Waals surface area contributed by atoms with Crippen LogP contribution < -0.4 is 16.0 Å². The van der Waals surface area contributed by atoms with Crippen LogP contribution in [0.5, 0.6) is 0 Å². The van der Waals surface area contributed by atoms with Crippen LogP contribution in [-0.2, 0) is 28.7 Å². The first-order valence-corrected chi connectivity index (χ1v) is 16.9. The van der Waals surface area contributed by atoms with Gasteiger partial charge in [0, 0.05) is 33.4 Å². The van der Waals surface area contributed by atoms with Crippen molar-refractivity contribution in [3.8, 4) is 0 Å². The highest BCUT2D eigenvalue weighted by molar-refractivity contribution is 6.01. The minimum Gasteiger partial charge on any atom is -0.379 e. The number of Topliss-reactive ketones (excluding diaryl/α,β-unsaturated/α-hetero) is 1. The number of likely N-dealkylation sites (N-methyl/N-ethyl adjacent to an activating group) is 2. The van der Waals surface area contributed by atoms with E-state index in [1.54, 1.807) is 37.7 Å². The van der Waals surface area contributed by atoms with Gasteiger partial charge in [-0.1, -0.05) is 34.1 Å². The van der Waals surface area contributed by atoms with Crippen molar-refractivity contribution in [1.82, 2.24) is 25.8 Å². The van der Waals surface area contributed by atoms with E-state index in [1.807, 2.05) is 20.8 Å². The largest absolute Gasteiger partial charge is 0.379 e. The number of ketones is 1. The SMILES string of the molecule is CCCC(C(CC(=O)N1CCCC1C(OC)C(C)C(=O)NC(C)C(=O)c1ccc(F)cc1)OC)N(C)C(=O)CNC(=O)C(NC)C(C)C. The molecule has 7 atom stereocenters. The summed E-state index contributed by atoms with van der Waals surface area (Å²) in [6.07, 6.45) is 1.44. The van der Waals surface area contributed by atoms with Crippen molar-refractivity contribution in [2.24, 2.45) is 11.8 Å². The molecule has 0 spiro atoms. The molecule has 0 aromatic heterocycles. The molecule has 1 aliphatic rings. The smallest absolute Gasteiger partial charge is 0.242 e. The Morgan fingerprint density at radius 2 is 1.67 bits per heavy atom. The number of hydrogen-bond acceptors (Lipinski definition) is 8. The fourth-order valence-corrected chi connectivity index (χ4v) is 6.50. The molecule has 0 saturated carbocycles. The molecule has 0 radical (unpaired) electrons. The lowest BCUT2D eigenvalue weighted by atomic mass is 9.93. The van der Waals surface area contributed by atoms with Crippen LogP contribution in [-0.4, -0.2) is 117 Å². The Morgan fingerprint density at radius 3 is 2.21 bits per heavy atom. The summed E-state index contributed by atoms with van der Waals surface area (Å²) in [5.74, 6) is -2.59. The third-order valence-electron chi connectivity index (χ3n) is 9.32. The summed E-state index contributed by atoms with van der Waals surface area (Å²) in [4.78, 5) is 69.0. The van der Waals surface area contributed by atoms with Crippen molar-refractivity contribution in [3.63, 3.8) is 0 Å². The topological polar surface area (TPSA) is 146 Å². The molecule has 12 nitrogen and oxygen atoms in total. The van der Waals surface area contributed by atoms with E-state index in [-0.39, 0.29) is 54.0 Å². The van der Waals surface area contributed by atoms with E-state index >= 15 is 0 Å². The second-order valence-corrected chi connectivity index (χ2v) is 13.0. The van der Waals surface area contributed by atoms with Crippen molar-refractivity contribution in [2.75, 3.05) is 41.4 Å². The number of carbonyl (C=O) groups is 5. The third-order valence-corrected chi connectivity index (χ3v) is 9.32. The van der Waals surface area contributed by atoms with E-state index in [9.17, 15) is 28.4 Å². The molecule has 1 fully saturated rings. The summed E-state index contributed by atoms with van der Waals surface area (Å²) in [5, 5.41) is 8.44. The van der Waals surface area contributed by atoms with E-state index in [0.717, 1.165) is 12.8 Å². The van der Waals surface area contributed by atoms with Gasteiger partial charge in [0.25, 0.3) is 0 Å². The number of ether oxygens (including phenoxy) is 2. The normalized spacial score (nSPS) is 18.4. The van der Waals surface area contributed by atoms with Crippen LogP contribution in [0.15, 0.2) is 24.3 Å². The molecule has 13 heteroatoms. The van der Waals surface area contributed by atoms with Crippen LogP contribution in [0, 0.1) is 17.7 Å². The van der Waals surface area contributed by atoms with Crippen molar-refractivity contribution in [2.45, 2.75) is 103 Å². The molecule has 2 rings (SSSR count). The van der Waals surface area contributed by atoms with E-state index < -0.39 is 48.0 Å². The monoisotopic (exact) mass is 677 g/mol. The highest BCUT2D eigenvalue weighted by atomic mass is 19.1. The van der Waals surface area contributed by atoms with Crippen LogP contribution in [0.25, 0.3) is 0 Å². The number of hydrogen-bond donors (Lipinski definition) is 3. The summed E-state index contributed by atoms with van der Waals surface area (Å²) >= 11 is 0. The zero-order chi connectivity index (χ0) is 36.1. The predicted octanol–water partition coefficient (Wildman–Crippen LogP) is 2.55. The minimum absolute atomic E-state index is 0.0110. The summed E-state index contributed by atoms with van der Waals surface area (Å²) in [5.41, 5.74) is 0.285. The number of nitrogens with zero attached hydrogens (tertiary/aromatic N) is 2. The second kappa shape index (κ2) is 19.5. The molecule has 48 heavy (non-hydrogen) atoms. The molecule has 1 aliphatic heterocycles. The predicted molar refractivity (Wildman–Crippen MR) is 181 cm³/mol. The van der Waals surface area contributed by atoms with Gasteiger partial charge in [0.2, 0.25) is 23.6 Å². The Balaban J connectivity index is 2.10. The summed E-state index contributed by atoms with van der Waals surface area (Å²) in [7, 11) is 6.37. The molecular formula is C35H56FN5O7. The van der Waals surface area contributed by atoms with E-state index in [2.05, 4.69) is 16.0 Å². The molecule has 1 aromatic rings. The number of amides is 4. The number of halogens is 1. The lowest BCUT2D eigenvalue weighted by Crippen LogP contribution is -2.54. The highest BCUT2D eigenvalue weighted by Crippen LogP contribution is 2.28. The molecule has 1 heterocycles. The van der Waals surface area contributed by atoms with E-state index in [1.165, 1.54) is 38.5 Å². The molecule has 4 amide bonds. The van der Waals surface area contributed by atoms with Crippen molar-refractivity contribution in [3.05, 3.63) is 35.6 Å². The summed E-state index contributed by atoms with van der Waals surface area (Å²) in [6, 6.07) is 3.06. The van der Waals surface area contributed by atoms with Crippen LogP contribution in [0.2, 0.25) is 0 Å². The maximum absolute atomic E-state index is 13.8. The summed E-state index contributed by atoms with van der Waals surface area (Å²) in [6.45, 7) is 9.40. The van der Waals surface area contributed by atoms with Gasteiger partial charge in [0.15, 0.2) is 5.78 Å². The molecule has 1 aromatic carbocycles. The average Bonchev–Trinajstić information content (AvgIpc) is 3.54. The minimum atomic E-state index is -0.852. The van der Waals surface area contributed by atoms with Gasteiger partial charge >= 0.3 is 0 Å². The Morgan fingerprint density at radius 1 is 1.02 bits per heavy atom. The van der Waals surface area contributed by atoms with Gasteiger partial charge in [-0.15, -0.1) is 0 Å². The van der Waals surface area contributed by atoms with Crippen molar-refractivity contribution >= 4 is 29.4 Å². The zero-order valence-corrected chi connectivity index (χ0v) is 30.0. The average molecular weight is 678 g/mol. The highest BCUT2D eigenvalue weighted by Gasteiger charge is 2.41. The first kappa shape index (κ1) is 40.8. The Kier molecular flexibility index (Phi) is 16.6. The molecule has 1 saturated heterocycles.